The Balaban J connectivity index is 0.000000162. The van der Waals surface area contributed by atoms with Crippen LogP contribution in [-0.4, -0.2) is 0 Å². The van der Waals surface area contributed by atoms with Crippen LogP contribution >= 0.6 is 0 Å². The Labute approximate surface area is 482 Å². The zero-order valence-corrected chi connectivity index (χ0v) is 48.8. The molecule has 0 spiro atoms. The van der Waals surface area contributed by atoms with Crippen molar-refractivity contribution in [3.8, 4) is 55.6 Å². The molecule has 0 aromatic heterocycles. The molecule has 0 atom stereocenters. The Morgan fingerprint density at radius 2 is 0.487 bits per heavy atom. The van der Waals surface area contributed by atoms with Gasteiger partial charge in [0.1, 0.15) is 0 Å². The zero-order chi connectivity index (χ0) is 56.9. The summed E-state index contributed by atoms with van der Waals surface area (Å²) in [5.74, 6) is 0. The maximum absolute atomic E-state index is 3.75. The predicted molar refractivity (Wildman–Crippen MR) is 354 cm³/mol. The molecule has 0 aliphatic rings. The van der Waals surface area contributed by atoms with E-state index in [1.807, 2.05) is 19.1 Å². The third-order valence-corrected chi connectivity index (χ3v) is 13.8. The smallest absolute Gasteiger partial charge is 0.0184 e. The van der Waals surface area contributed by atoms with Crippen LogP contribution in [0, 0.1) is 41.5 Å². The maximum Gasteiger partial charge on any atom is -0.0184 e. The van der Waals surface area contributed by atoms with Crippen LogP contribution in [0.3, 0.4) is 0 Å². The van der Waals surface area contributed by atoms with E-state index < -0.39 is 0 Å². The molecule has 0 heteroatoms. The summed E-state index contributed by atoms with van der Waals surface area (Å²) >= 11 is 0. The normalized spacial score (nSPS) is 10.4. The highest BCUT2D eigenvalue weighted by Crippen LogP contribution is 2.25. The van der Waals surface area contributed by atoms with Gasteiger partial charge in [-0.05, 0) is 159 Å². The van der Waals surface area contributed by atoms with Gasteiger partial charge in [-0.3, -0.25) is 0 Å². The van der Waals surface area contributed by atoms with Gasteiger partial charge in [0.25, 0.3) is 0 Å². The Morgan fingerprint density at radius 1 is 0.263 bits per heavy atom. The molecule has 0 radical (unpaired) electrons. The predicted octanol–water partition coefficient (Wildman–Crippen LogP) is 22.9. The standard InChI is InChI=1S/C18H20.C17H18.C16H16.C15H14.C14H14/c1-3-4-5-6-16-9-13-18(14-10-16)17-11-7-15(2)8-12-17;1-3-4-5-15-8-12-17(13-9-15)16-10-6-14(2)7-11-16;1-3-4-14-7-11-16(12-8-14)15-9-5-13(2)6-10-15;1-3-13-6-10-15(11-7-13)14-8-4-12(2)5-9-14;1-11-3-7-13(8-4-11)14-9-5-12(2)6-10-14/h3-4,7-14H,5-6H2,1-2H3;3,6-13H,1,4-5H2,2H3;3-12H,1-2H3;3-11H,1H2,2H3;3-10H,1-2H3/b4-3+;;4-3+;;. The molecular formula is C80H82. The van der Waals surface area contributed by atoms with Crippen molar-refractivity contribution in [1.82, 2.24) is 0 Å². The number of allylic oxidation sites excluding steroid dienone is 4. The summed E-state index contributed by atoms with van der Waals surface area (Å²) in [4.78, 5) is 0. The highest BCUT2D eigenvalue weighted by Gasteiger charge is 2.02. The summed E-state index contributed by atoms with van der Waals surface area (Å²) in [5.41, 5.74) is 25.8. The van der Waals surface area contributed by atoms with Crippen molar-refractivity contribution in [2.75, 3.05) is 0 Å². The number of rotatable bonds is 13. The summed E-state index contributed by atoms with van der Waals surface area (Å²) in [6, 6.07) is 86.6. The second kappa shape index (κ2) is 32.8. The number of hydrogen-bond acceptors (Lipinski definition) is 0. The summed E-state index contributed by atoms with van der Waals surface area (Å²) in [6.45, 7) is 24.3. The minimum absolute atomic E-state index is 1.05. The van der Waals surface area contributed by atoms with E-state index in [9.17, 15) is 0 Å². The zero-order valence-electron chi connectivity index (χ0n) is 48.8. The molecule has 402 valence electrons. The molecule has 0 N–H and O–H groups in total. The minimum atomic E-state index is 1.05. The maximum atomic E-state index is 3.75. The minimum Gasteiger partial charge on any atom is -0.103 e. The van der Waals surface area contributed by atoms with Gasteiger partial charge < -0.3 is 0 Å². The number of aryl methyl sites for hydroxylation is 8. The summed E-state index contributed by atoms with van der Waals surface area (Å²) in [7, 11) is 0. The van der Waals surface area contributed by atoms with Crippen molar-refractivity contribution in [1.29, 1.82) is 0 Å². The lowest BCUT2D eigenvalue weighted by molar-refractivity contribution is 1.000. The third kappa shape index (κ3) is 20.5. The SMILES string of the molecule is C/C=C/CCc1ccc(-c2ccc(C)cc2)cc1.C/C=C/c1ccc(-c2ccc(C)cc2)cc1.C=CCCc1ccc(-c2ccc(C)cc2)cc1.C=Cc1ccc(-c2ccc(C)cc2)cc1.Cc1ccc(-c2ccc(C)cc2)cc1. The van der Waals surface area contributed by atoms with Crippen LogP contribution in [0.15, 0.2) is 280 Å². The van der Waals surface area contributed by atoms with E-state index in [0.29, 0.717) is 0 Å². The summed E-state index contributed by atoms with van der Waals surface area (Å²) < 4.78 is 0. The Kier molecular flexibility index (Phi) is 24.8. The average molecular weight is 1040 g/mol. The topological polar surface area (TPSA) is 0 Å². The molecule has 0 aliphatic heterocycles. The molecule has 0 unspecified atom stereocenters. The van der Waals surface area contributed by atoms with Crippen LogP contribution < -0.4 is 0 Å². The highest BCUT2D eigenvalue weighted by atomic mass is 14.1. The van der Waals surface area contributed by atoms with E-state index in [2.05, 4.69) is 329 Å². The number of benzene rings is 10. The lowest BCUT2D eigenvalue weighted by atomic mass is 10.0. The van der Waals surface area contributed by atoms with Crippen molar-refractivity contribution >= 4 is 12.2 Å². The van der Waals surface area contributed by atoms with E-state index in [0.717, 1.165) is 31.2 Å². The fourth-order valence-electron chi connectivity index (χ4n) is 8.68. The van der Waals surface area contributed by atoms with Gasteiger partial charge in [-0.1, -0.05) is 319 Å². The molecule has 80 heavy (non-hydrogen) atoms. The van der Waals surface area contributed by atoms with Crippen LogP contribution in [0.2, 0.25) is 0 Å². The molecule has 0 saturated heterocycles. The van der Waals surface area contributed by atoms with E-state index in [4.69, 9.17) is 0 Å². The van der Waals surface area contributed by atoms with Crippen LogP contribution in [0.25, 0.3) is 67.8 Å². The second-order valence-electron chi connectivity index (χ2n) is 20.5. The Hall–Kier alpha value is -8.84. The van der Waals surface area contributed by atoms with Gasteiger partial charge in [0.15, 0.2) is 0 Å². The molecule has 0 saturated carbocycles. The van der Waals surface area contributed by atoms with E-state index in [-0.39, 0.29) is 0 Å². The molecule has 10 rings (SSSR count). The molecule has 0 aliphatic carbocycles. The van der Waals surface area contributed by atoms with Gasteiger partial charge >= 0.3 is 0 Å². The monoisotopic (exact) mass is 1040 g/mol. The van der Waals surface area contributed by atoms with Crippen LogP contribution in [-0.2, 0) is 12.8 Å². The first-order valence-electron chi connectivity index (χ1n) is 28.2. The van der Waals surface area contributed by atoms with Crippen LogP contribution in [0.1, 0.15) is 82.3 Å². The van der Waals surface area contributed by atoms with Gasteiger partial charge in [0, 0.05) is 0 Å². The van der Waals surface area contributed by atoms with E-state index in [1.54, 1.807) is 0 Å². The first kappa shape index (κ1) is 60.4. The van der Waals surface area contributed by atoms with Crippen molar-refractivity contribution in [2.45, 2.75) is 81.1 Å². The molecule has 0 bridgehead atoms. The first-order valence-corrected chi connectivity index (χ1v) is 28.2. The lowest BCUT2D eigenvalue weighted by Crippen LogP contribution is -1.84. The van der Waals surface area contributed by atoms with Crippen molar-refractivity contribution < 1.29 is 0 Å². The van der Waals surface area contributed by atoms with E-state index in [1.165, 1.54) is 106 Å². The van der Waals surface area contributed by atoms with Crippen LogP contribution in [0.5, 0.6) is 0 Å². The first-order chi connectivity index (χ1) is 38.9. The van der Waals surface area contributed by atoms with Gasteiger partial charge in [-0.2, -0.15) is 0 Å². The van der Waals surface area contributed by atoms with Gasteiger partial charge in [-0.15, -0.1) is 6.58 Å². The van der Waals surface area contributed by atoms with Crippen LogP contribution in [0.4, 0.5) is 0 Å². The third-order valence-electron chi connectivity index (χ3n) is 13.8. The fourth-order valence-corrected chi connectivity index (χ4v) is 8.68. The Bertz CT molecular complexity index is 3360. The van der Waals surface area contributed by atoms with Crippen molar-refractivity contribution in [3.05, 3.63) is 336 Å². The molecule has 10 aromatic carbocycles. The average Bonchev–Trinajstić information content (AvgIpc) is 3.50. The van der Waals surface area contributed by atoms with Gasteiger partial charge in [-0.25, -0.2) is 0 Å². The molecular weight excluding hydrogens is 961 g/mol. The summed E-state index contributed by atoms with van der Waals surface area (Å²) in [5, 5.41) is 0. The molecule has 0 fully saturated rings. The summed E-state index contributed by atoms with van der Waals surface area (Å²) in [6.07, 6.45) is 16.7. The molecule has 0 heterocycles. The fraction of sp³-hybridized carbons (Fsp3) is 0.150. The van der Waals surface area contributed by atoms with Crippen molar-refractivity contribution in [3.63, 3.8) is 0 Å². The molecule has 10 aromatic rings. The van der Waals surface area contributed by atoms with E-state index >= 15 is 0 Å². The quantitative estimate of drug-likeness (QED) is 0.101. The largest absolute Gasteiger partial charge is 0.103 e. The molecule has 0 amide bonds. The van der Waals surface area contributed by atoms with Gasteiger partial charge in [0.05, 0.1) is 0 Å². The number of hydrogen-bond donors (Lipinski definition) is 0. The van der Waals surface area contributed by atoms with Gasteiger partial charge in [0.2, 0.25) is 0 Å². The van der Waals surface area contributed by atoms with Crippen molar-refractivity contribution in [2.24, 2.45) is 0 Å². The highest BCUT2D eigenvalue weighted by molar-refractivity contribution is 5.68. The molecule has 0 nitrogen and oxygen atoms in total. The lowest BCUT2D eigenvalue weighted by Gasteiger charge is -2.04. The second-order valence-corrected chi connectivity index (χ2v) is 20.5. The Morgan fingerprint density at radius 3 is 0.713 bits per heavy atom.